The fourth-order valence-corrected chi connectivity index (χ4v) is 26.7. The smallest absolute Gasteiger partial charge is 0.0720 e. The van der Waals surface area contributed by atoms with Crippen LogP contribution in [0.1, 0.15) is 114 Å². The molecule has 2 aromatic heterocycles. The maximum absolute atomic E-state index is 2.57. The van der Waals surface area contributed by atoms with Crippen molar-refractivity contribution in [1.82, 2.24) is 0 Å². The lowest BCUT2D eigenvalue weighted by molar-refractivity contribution is 0.623. The van der Waals surface area contributed by atoms with Crippen molar-refractivity contribution in [2.75, 3.05) is 9.80 Å². The molecule has 0 atom stereocenters. The number of rotatable bonds is 11. The van der Waals surface area contributed by atoms with Crippen molar-refractivity contribution < 1.29 is 0 Å². The van der Waals surface area contributed by atoms with E-state index in [1.54, 1.807) is 0 Å². The van der Waals surface area contributed by atoms with E-state index in [0.29, 0.717) is 0 Å². The molecule has 4 heteroatoms. The third kappa shape index (κ3) is 10.9. The molecule has 131 heavy (non-hydrogen) atoms. The predicted octanol–water partition coefficient (Wildman–Crippen LogP) is 33.1. The molecule has 5 aliphatic rings. The van der Waals surface area contributed by atoms with Crippen LogP contribution < -0.4 is 9.80 Å². The molecule has 27 rings (SSSR count). The molecule has 0 aliphatic heterocycles. The van der Waals surface area contributed by atoms with Crippen LogP contribution in [0.15, 0.2) is 485 Å². The fraction of sp³-hybridized carbons (Fsp3) is 0.0551. The third-order valence-corrected chi connectivity index (χ3v) is 32.0. The van der Waals surface area contributed by atoms with Gasteiger partial charge in [-0.25, -0.2) is 0 Å². The van der Waals surface area contributed by atoms with Crippen LogP contribution in [0.5, 0.6) is 0 Å². The summed E-state index contributed by atoms with van der Waals surface area (Å²) in [5.74, 6) is 0. The van der Waals surface area contributed by atoms with Crippen molar-refractivity contribution in [3.63, 3.8) is 0 Å². The summed E-state index contributed by atoms with van der Waals surface area (Å²) in [6.07, 6.45) is 0. The first kappa shape index (κ1) is 76.7. The van der Waals surface area contributed by atoms with Crippen LogP contribution in [-0.2, 0) is 27.1 Å². The Morgan fingerprint density at radius 1 is 0.183 bits per heavy atom. The zero-order valence-corrected chi connectivity index (χ0v) is 74.0. The highest BCUT2D eigenvalue weighted by molar-refractivity contribution is 7.26. The van der Waals surface area contributed by atoms with Gasteiger partial charge < -0.3 is 9.80 Å². The molecule has 0 amide bonds. The molecule has 0 radical (unpaired) electrons. The largest absolute Gasteiger partial charge is 0.310 e. The van der Waals surface area contributed by atoms with Crippen molar-refractivity contribution in [2.45, 2.75) is 40.9 Å². The zero-order valence-electron chi connectivity index (χ0n) is 72.4. The minimum Gasteiger partial charge on any atom is -0.310 e. The second kappa shape index (κ2) is 29.8. The van der Waals surface area contributed by atoms with Gasteiger partial charge in [-0.2, -0.15) is 0 Å². The lowest BCUT2D eigenvalue weighted by Gasteiger charge is -2.50. The molecule has 0 bridgehead atoms. The Kier molecular flexibility index (Phi) is 17.4. The van der Waals surface area contributed by atoms with E-state index in [2.05, 4.69) is 509 Å². The lowest BCUT2D eigenvalue weighted by Crippen LogP contribution is -2.44. The van der Waals surface area contributed by atoms with Gasteiger partial charge in [0.1, 0.15) is 0 Å². The molecule has 2 nitrogen and oxygen atoms in total. The van der Waals surface area contributed by atoms with Gasteiger partial charge in [-0.3, -0.25) is 0 Å². The van der Waals surface area contributed by atoms with E-state index < -0.39 is 21.7 Å². The Balaban J connectivity index is 0.000000138. The Bertz CT molecular complexity index is 8150. The first-order chi connectivity index (χ1) is 64.8. The molecule has 22 aromatic rings. The average molecular weight is 1700 g/mol. The molecule has 2 spiro atoms. The first-order valence-electron chi connectivity index (χ1n) is 45.7. The van der Waals surface area contributed by atoms with Gasteiger partial charge in [0.05, 0.1) is 37.7 Å². The molecule has 616 valence electrons. The van der Waals surface area contributed by atoms with Crippen LogP contribution >= 0.6 is 22.7 Å². The number of nitrogens with zero attached hydrogens (tertiary/aromatic N) is 2. The molecule has 0 saturated carbocycles. The molecule has 0 fully saturated rings. The van der Waals surface area contributed by atoms with Crippen LogP contribution in [0, 0.1) is 0 Å². The summed E-state index contributed by atoms with van der Waals surface area (Å²) in [5.41, 5.74) is 38.1. The van der Waals surface area contributed by atoms with Crippen molar-refractivity contribution in [1.29, 1.82) is 0 Å². The summed E-state index contributed by atoms with van der Waals surface area (Å²) >= 11 is 3.76. The van der Waals surface area contributed by atoms with E-state index in [-0.39, 0.29) is 5.41 Å². The quantitative estimate of drug-likeness (QED) is 0.127. The normalized spacial score (nSPS) is 14.5. The lowest BCUT2D eigenvalue weighted by atomic mass is 9.51. The highest BCUT2D eigenvalue weighted by Gasteiger charge is 2.59. The molecule has 20 aromatic carbocycles. The molecular weight excluding hydrogens is 1620 g/mol. The van der Waals surface area contributed by atoms with Gasteiger partial charge in [0.2, 0.25) is 0 Å². The first-order valence-corrected chi connectivity index (χ1v) is 47.3. The second-order valence-corrected chi connectivity index (χ2v) is 38.3. The van der Waals surface area contributed by atoms with Crippen molar-refractivity contribution in [3.05, 3.63) is 585 Å². The standard InChI is InChI=1S/C65H45NS.C62H41NS/c1-63(2)51-27-12-9-24-46(51)48-38-36-44(40-57(48)63)66(59-33-19-35-61-62(59)50-26-11-18-34-60(50)67-61)45-37-39-49-47-25-10-13-28-52(47)65(58(49)41-45)55-31-16-14-29-53(55)64(42-20-5-3-6-21-42,43-22-7-4-8-23-43)54-30-15-17-32-56(54)65;1-4-19-42(20-5-1)43-35-37-46(38-36-43)63(58-33-18-27-51-50-26-11-17-34-59(50)64-60(51)58)47-39-40-49-48-25-10-12-28-52(48)62(57(49)41-47)55-31-15-13-29-53(55)61(44-21-6-2-7-22-44,45-23-8-3-9-24-45)54-30-14-16-32-56(54)62/h3-41H,1-2H3;1-41H. The fourth-order valence-electron chi connectivity index (χ4n) is 24.4. The van der Waals surface area contributed by atoms with Gasteiger partial charge in [0.25, 0.3) is 0 Å². The number of benzene rings is 20. The molecule has 0 N–H and O–H groups in total. The second-order valence-electron chi connectivity index (χ2n) is 36.2. The Morgan fingerprint density at radius 2 is 0.481 bits per heavy atom. The van der Waals surface area contributed by atoms with E-state index in [0.717, 1.165) is 22.7 Å². The highest BCUT2D eigenvalue weighted by Crippen LogP contribution is 2.69. The van der Waals surface area contributed by atoms with Gasteiger partial charge in [0, 0.05) is 63.8 Å². The maximum Gasteiger partial charge on any atom is 0.0720 e. The number of hydrogen-bond acceptors (Lipinski definition) is 4. The number of anilines is 6. The minimum absolute atomic E-state index is 0.155. The Labute approximate surface area is 771 Å². The van der Waals surface area contributed by atoms with Crippen LogP contribution in [0.3, 0.4) is 0 Å². The van der Waals surface area contributed by atoms with E-state index in [4.69, 9.17) is 0 Å². The summed E-state index contributed by atoms with van der Waals surface area (Å²) in [6, 6.07) is 183. The predicted molar refractivity (Wildman–Crippen MR) is 549 cm³/mol. The zero-order chi connectivity index (χ0) is 86.7. The van der Waals surface area contributed by atoms with Gasteiger partial charge >= 0.3 is 0 Å². The van der Waals surface area contributed by atoms with Crippen LogP contribution in [0.25, 0.3) is 84.9 Å². The van der Waals surface area contributed by atoms with E-state index in [9.17, 15) is 0 Å². The summed E-state index contributed by atoms with van der Waals surface area (Å²) < 4.78 is 5.16. The third-order valence-electron chi connectivity index (χ3n) is 29.6. The Morgan fingerprint density at radius 3 is 0.939 bits per heavy atom. The van der Waals surface area contributed by atoms with Crippen LogP contribution in [-0.4, -0.2) is 0 Å². The summed E-state index contributed by atoms with van der Waals surface area (Å²) in [5, 5.41) is 5.15. The van der Waals surface area contributed by atoms with Crippen LogP contribution in [0.4, 0.5) is 34.1 Å². The molecule has 0 saturated heterocycles. The van der Waals surface area contributed by atoms with E-state index >= 15 is 0 Å². The highest BCUT2D eigenvalue weighted by atomic mass is 32.1. The van der Waals surface area contributed by atoms with Gasteiger partial charge in [-0.1, -0.05) is 420 Å². The minimum atomic E-state index is -0.615. The van der Waals surface area contributed by atoms with Gasteiger partial charge in [-0.05, 0) is 224 Å². The van der Waals surface area contributed by atoms with E-state index in [1.165, 1.54) is 196 Å². The van der Waals surface area contributed by atoms with Gasteiger partial charge in [-0.15, -0.1) is 22.7 Å². The number of fused-ring (bicyclic) bond motifs is 27. The van der Waals surface area contributed by atoms with Crippen molar-refractivity contribution >= 4 is 97.1 Å². The molecule has 2 heterocycles. The number of thiophene rings is 2. The summed E-state index contributed by atoms with van der Waals surface area (Å²) in [7, 11) is 0. The SMILES string of the molecule is CC1(C)c2ccccc2-c2ccc(N(c3ccc4c(c3)C3(c5ccccc5-4)c4ccccc4C(c4ccccc4)(c4ccccc4)c4ccccc43)c3cccc4sc5ccccc5c34)cc21.c1ccc(-c2ccc(N(c3ccc4c(c3)C3(c5ccccc5-4)c4ccccc4C(c4ccccc4)(c4ccccc4)c4ccccc43)c3cccc4c3sc3ccccc34)cc2)cc1. The van der Waals surface area contributed by atoms with E-state index in [1.807, 2.05) is 22.7 Å². The summed E-state index contributed by atoms with van der Waals surface area (Å²) in [4.78, 5) is 5.07. The summed E-state index contributed by atoms with van der Waals surface area (Å²) in [6.45, 7) is 4.77. The monoisotopic (exact) mass is 1700 g/mol. The molecule has 0 unspecified atom stereocenters. The van der Waals surface area contributed by atoms with Crippen molar-refractivity contribution in [2.24, 2.45) is 0 Å². The topological polar surface area (TPSA) is 6.48 Å². The average Bonchev–Trinajstić information content (AvgIpc) is 1.61. The van der Waals surface area contributed by atoms with Gasteiger partial charge in [0.15, 0.2) is 0 Å². The molecule has 5 aliphatic carbocycles. The Hall–Kier alpha value is -15.6. The van der Waals surface area contributed by atoms with Crippen LogP contribution in [0.2, 0.25) is 0 Å². The maximum atomic E-state index is 2.57. The van der Waals surface area contributed by atoms with Crippen molar-refractivity contribution in [3.8, 4) is 44.5 Å². The molecular formula is C127H86N2S2. The number of hydrogen-bond donors (Lipinski definition) is 0.